The Labute approximate surface area is 199 Å². The summed E-state index contributed by atoms with van der Waals surface area (Å²) >= 11 is 12.3. The van der Waals surface area contributed by atoms with Gasteiger partial charge in [0.05, 0.1) is 6.42 Å². The Morgan fingerprint density at radius 1 is 0.875 bits per heavy atom. The van der Waals surface area contributed by atoms with Crippen LogP contribution in [-0.4, -0.2) is 29.3 Å². The van der Waals surface area contributed by atoms with Crippen LogP contribution in [0.15, 0.2) is 78.9 Å². The van der Waals surface area contributed by atoms with Crippen molar-refractivity contribution in [2.24, 2.45) is 0 Å². The van der Waals surface area contributed by atoms with Crippen molar-refractivity contribution in [3.63, 3.8) is 0 Å². The molecular weight excluding hydrogens is 443 g/mol. The minimum atomic E-state index is -0.664. The van der Waals surface area contributed by atoms with Gasteiger partial charge in [-0.2, -0.15) is 0 Å². The Bertz CT molecular complexity index is 1040. The molecule has 32 heavy (non-hydrogen) atoms. The zero-order chi connectivity index (χ0) is 22.9. The van der Waals surface area contributed by atoms with E-state index in [1.165, 1.54) is 0 Å². The molecule has 1 atom stereocenters. The average molecular weight is 469 g/mol. The highest BCUT2D eigenvalue weighted by Crippen LogP contribution is 2.20. The molecule has 0 bridgehead atoms. The Morgan fingerprint density at radius 2 is 1.53 bits per heavy atom. The van der Waals surface area contributed by atoms with Crippen molar-refractivity contribution in [3.8, 4) is 0 Å². The molecule has 3 aromatic rings. The standard InChI is InChI=1S/C26H26Cl2N2O2/c1-2-29-26(32)24(16-19-8-4-3-5-9-19)30(18-20-12-14-22(27)15-13-20)25(31)17-21-10-6-7-11-23(21)28/h3-15,24H,2,16-18H2,1H3,(H,29,32)/t24-/m1/s1. The van der Waals surface area contributed by atoms with Crippen molar-refractivity contribution in [1.29, 1.82) is 0 Å². The van der Waals surface area contributed by atoms with Crippen LogP contribution in [0.3, 0.4) is 0 Å². The highest BCUT2D eigenvalue weighted by molar-refractivity contribution is 6.31. The molecule has 0 unspecified atom stereocenters. The lowest BCUT2D eigenvalue weighted by atomic mass is 10.0. The van der Waals surface area contributed by atoms with Crippen LogP contribution in [0.1, 0.15) is 23.6 Å². The fourth-order valence-corrected chi connectivity index (χ4v) is 3.87. The van der Waals surface area contributed by atoms with Gasteiger partial charge in [0.25, 0.3) is 0 Å². The zero-order valence-corrected chi connectivity index (χ0v) is 19.4. The van der Waals surface area contributed by atoms with Crippen molar-refractivity contribution in [1.82, 2.24) is 10.2 Å². The molecule has 0 aliphatic heterocycles. The first-order valence-corrected chi connectivity index (χ1v) is 11.3. The van der Waals surface area contributed by atoms with Crippen LogP contribution in [0, 0.1) is 0 Å². The molecule has 0 saturated heterocycles. The summed E-state index contributed by atoms with van der Waals surface area (Å²) in [7, 11) is 0. The van der Waals surface area contributed by atoms with Crippen LogP contribution < -0.4 is 5.32 Å². The summed E-state index contributed by atoms with van der Waals surface area (Å²) in [6.45, 7) is 2.64. The summed E-state index contributed by atoms with van der Waals surface area (Å²) in [6.07, 6.45) is 0.520. The van der Waals surface area contributed by atoms with Gasteiger partial charge in [-0.1, -0.05) is 83.9 Å². The van der Waals surface area contributed by atoms with Crippen LogP contribution in [-0.2, 0) is 29.0 Å². The first-order chi connectivity index (χ1) is 15.5. The lowest BCUT2D eigenvalue weighted by Crippen LogP contribution is -2.51. The van der Waals surface area contributed by atoms with Gasteiger partial charge in [-0.25, -0.2) is 0 Å². The third-order valence-corrected chi connectivity index (χ3v) is 5.81. The Hall–Kier alpha value is -2.82. The van der Waals surface area contributed by atoms with Gasteiger partial charge in [-0.15, -0.1) is 0 Å². The summed E-state index contributed by atoms with van der Waals surface area (Å²) in [6, 6.07) is 23.6. The summed E-state index contributed by atoms with van der Waals surface area (Å²) in [5.41, 5.74) is 2.61. The molecule has 0 radical (unpaired) electrons. The smallest absolute Gasteiger partial charge is 0.243 e. The molecule has 4 nitrogen and oxygen atoms in total. The normalized spacial score (nSPS) is 11.6. The third-order valence-electron chi connectivity index (χ3n) is 5.19. The number of benzene rings is 3. The number of likely N-dealkylation sites (N-methyl/N-ethyl adjacent to an activating group) is 1. The monoisotopic (exact) mass is 468 g/mol. The van der Waals surface area contributed by atoms with Gasteiger partial charge in [-0.3, -0.25) is 9.59 Å². The van der Waals surface area contributed by atoms with Gasteiger partial charge < -0.3 is 10.2 Å². The van der Waals surface area contributed by atoms with Crippen molar-refractivity contribution >= 4 is 35.0 Å². The predicted molar refractivity (Wildman–Crippen MR) is 130 cm³/mol. The predicted octanol–water partition coefficient (Wildman–Crippen LogP) is 5.31. The van der Waals surface area contributed by atoms with E-state index in [-0.39, 0.29) is 24.8 Å². The van der Waals surface area contributed by atoms with Crippen molar-refractivity contribution in [3.05, 3.63) is 106 Å². The average Bonchev–Trinajstić information content (AvgIpc) is 2.79. The SMILES string of the molecule is CCNC(=O)[C@@H](Cc1ccccc1)N(Cc1ccc(Cl)cc1)C(=O)Cc1ccccc1Cl. The number of amides is 2. The molecule has 0 saturated carbocycles. The number of hydrogen-bond donors (Lipinski definition) is 1. The lowest BCUT2D eigenvalue weighted by Gasteiger charge is -2.31. The fourth-order valence-electron chi connectivity index (χ4n) is 3.54. The molecule has 2 amide bonds. The van der Waals surface area contributed by atoms with E-state index in [9.17, 15) is 9.59 Å². The van der Waals surface area contributed by atoms with Gasteiger partial charge in [0.2, 0.25) is 11.8 Å². The van der Waals surface area contributed by atoms with E-state index in [4.69, 9.17) is 23.2 Å². The zero-order valence-electron chi connectivity index (χ0n) is 17.9. The number of hydrogen-bond acceptors (Lipinski definition) is 2. The number of carbonyl (C=O) groups excluding carboxylic acids is 2. The largest absolute Gasteiger partial charge is 0.355 e. The molecule has 3 aromatic carbocycles. The third kappa shape index (κ3) is 6.59. The molecule has 0 aliphatic rings. The Kier molecular flexibility index (Phi) is 8.72. The second-order valence-electron chi connectivity index (χ2n) is 7.52. The molecule has 0 aromatic heterocycles. The maximum Gasteiger partial charge on any atom is 0.243 e. The first kappa shape index (κ1) is 23.8. The Balaban J connectivity index is 1.95. The number of nitrogens with one attached hydrogen (secondary N) is 1. The van der Waals surface area contributed by atoms with Gasteiger partial charge in [0, 0.05) is 29.6 Å². The van der Waals surface area contributed by atoms with E-state index >= 15 is 0 Å². The minimum Gasteiger partial charge on any atom is -0.355 e. The molecule has 0 aliphatic carbocycles. The number of nitrogens with zero attached hydrogens (tertiary/aromatic N) is 1. The van der Waals surface area contributed by atoms with E-state index in [1.54, 1.807) is 23.1 Å². The summed E-state index contributed by atoms with van der Waals surface area (Å²) in [4.78, 5) is 28.3. The Morgan fingerprint density at radius 3 is 2.19 bits per heavy atom. The highest BCUT2D eigenvalue weighted by Gasteiger charge is 2.30. The summed E-state index contributed by atoms with van der Waals surface area (Å²) in [5, 5.41) is 4.04. The van der Waals surface area contributed by atoms with Gasteiger partial charge >= 0.3 is 0 Å². The number of halogens is 2. The van der Waals surface area contributed by atoms with Gasteiger partial charge in [-0.05, 0) is 41.8 Å². The molecule has 6 heteroatoms. The fraction of sp³-hybridized carbons (Fsp3) is 0.231. The highest BCUT2D eigenvalue weighted by atomic mass is 35.5. The number of carbonyl (C=O) groups is 2. The van der Waals surface area contributed by atoms with Crippen molar-refractivity contribution in [2.45, 2.75) is 32.4 Å². The quantitative estimate of drug-likeness (QED) is 0.462. The van der Waals surface area contributed by atoms with Crippen LogP contribution in [0.25, 0.3) is 0 Å². The van der Waals surface area contributed by atoms with Crippen molar-refractivity contribution < 1.29 is 9.59 Å². The maximum atomic E-state index is 13.5. The maximum absolute atomic E-state index is 13.5. The molecule has 166 valence electrons. The summed E-state index contributed by atoms with van der Waals surface area (Å²) < 4.78 is 0. The second-order valence-corrected chi connectivity index (χ2v) is 8.36. The van der Waals surface area contributed by atoms with Gasteiger partial charge in [0.1, 0.15) is 6.04 Å². The topological polar surface area (TPSA) is 49.4 Å². The first-order valence-electron chi connectivity index (χ1n) is 10.6. The molecule has 0 heterocycles. The molecule has 3 rings (SSSR count). The van der Waals surface area contributed by atoms with Crippen LogP contribution in [0.5, 0.6) is 0 Å². The molecule has 0 spiro atoms. The molecular formula is C26H26Cl2N2O2. The summed E-state index contributed by atoms with van der Waals surface area (Å²) in [5.74, 6) is -0.349. The second kappa shape index (κ2) is 11.7. The van der Waals surface area contributed by atoms with Crippen LogP contribution in [0.2, 0.25) is 10.0 Å². The van der Waals surface area contributed by atoms with Gasteiger partial charge in [0.15, 0.2) is 0 Å². The molecule has 0 fully saturated rings. The number of rotatable bonds is 9. The van der Waals surface area contributed by atoms with E-state index < -0.39 is 6.04 Å². The van der Waals surface area contributed by atoms with E-state index in [2.05, 4.69) is 5.32 Å². The lowest BCUT2D eigenvalue weighted by molar-refractivity contribution is -0.140. The van der Waals surface area contributed by atoms with Crippen LogP contribution >= 0.6 is 23.2 Å². The minimum absolute atomic E-state index is 0.109. The van der Waals surface area contributed by atoms with Crippen LogP contribution in [0.4, 0.5) is 0 Å². The van der Waals surface area contributed by atoms with E-state index in [0.717, 1.165) is 16.7 Å². The van der Waals surface area contributed by atoms with Crippen molar-refractivity contribution in [2.75, 3.05) is 6.54 Å². The van der Waals surface area contributed by atoms with E-state index in [1.807, 2.05) is 67.6 Å². The molecule has 1 N–H and O–H groups in total. The van der Waals surface area contributed by atoms with E-state index in [0.29, 0.717) is 23.0 Å².